The number of carbonyl (C=O) groups is 1. The molecule has 0 saturated heterocycles. The maximum absolute atomic E-state index is 11.7. The Bertz CT molecular complexity index is 497. The fourth-order valence-electron chi connectivity index (χ4n) is 7.48. The first kappa shape index (κ1) is 18.8. The summed E-state index contributed by atoms with van der Waals surface area (Å²) < 4.78 is 0. The van der Waals surface area contributed by atoms with Crippen LogP contribution in [0.5, 0.6) is 0 Å². The lowest BCUT2D eigenvalue weighted by molar-refractivity contribution is -0.133. The van der Waals surface area contributed by atoms with Gasteiger partial charge in [-0.05, 0) is 85.9 Å². The Morgan fingerprint density at radius 2 is 1.71 bits per heavy atom. The van der Waals surface area contributed by atoms with E-state index in [1.165, 1.54) is 44.8 Å². The van der Waals surface area contributed by atoms with Gasteiger partial charge in [0.1, 0.15) is 6.29 Å². The van der Waals surface area contributed by atoms with Crippen LogP contribution in [-0.4, -0.2) is 27.8 Å². The minimum atomic E-state index is -0.0590. The molecule has 4 fully saturated rings. The predicted molar refractivity (Wildman–Crippen MR) is 99.0 cm³/mol. The van der Waals surface area contributed by atoms with E-state index >= 15 is 0 Å². The third-order valence-electron chi connectivity index (χ3n) is 8.85. The molecule has 0 aliphatic heterocycles. The molecule has 0 amide bonds. The molecular weight excluding hydrogens is 368 g/mol. The van der Waals surface area contributed by atoms with E-state index in [4.69, 9.17) is 0 Å². The first-order valence-electron chi connectivity index (χ1n) is 9.67. The third-order valence-corrected chi connectivity index (χ3v) is 9.80. The number of aliphatic hydroxyl groups is 1. The second kappa shape index (κ2) is 6.35. The first-order valence-corrected chi connectivity index (χ1v) is 10.6. The number of rotatable bonds is 1. The number of alkyl halides is 1. The Hall–Kier alpha value is 0.0700. The van der Waals surface area contributed by atoms with Crippen molar-refractivity contribution >= 4 is 22.2 Å². The molecule has 138 valence electrons. The van der Waals surface area contributed by atoms with E-state index in [0.717, 1.165) is 30.6 Å². The van der Waals surface area contributed by atoms with Crippen LogP contribution >= 0.6 is 15.9 Å². The number of aldehydes is 1. The van der Waals surface area contributed by atoms with Crippen LogP contribution in [-0.2, 0) is 4.79 Å². The highest BCUT2D eigenvalue weighted by molar-refractivity contribution is 9.09. The summed E-state index contributed by atoms with van der Waals surface area (Å²) in [5.41, 5.74) is 0.652. The van der Waals surface area contributed by atoms with Gasteiger partial charge in [-0.15, -0.1) is 0 Å². The Morgan fingerprint density at radius 1 is 1.00 bits per heavy atom. The lowest BCUT2D eigenvalue weighted by Gasteiger charge is -2.60. The van der Waals surface area contributed by atoms with Crippen molar-refractivity contribution in [1.82, 2.24) is 0 Å². The largest absolute Gasteiger partial charge is 0.412 e. The molecular formula is C20H33BrO3. The highest BCUT2D eigenvalue weighted by Crippen LogP contribution is 2.67. The van der Waals surface area contributed by atoms with Crippen LogP contribution in [0.3, 0.4) is 0 Å². The zero-order valence-corrected chi connectivity index (χ0v) is 16.6. The van der Waals surface area contributed by atoms with Gasteiger partial charge in [0, 0.05) is 10.7 Å². The normalized spacial score (nSPS) is 56.4. The van der Waals surface area contributed by atoms with E-state index in [9.17, 15) is 9.90 Å². The molecule has 3 N–H and O–H groups in total. The average Bonchev–Trinajstić information content (AvgIpc) is 2.77. The van der Waals surface area contributed by atoms with Gasteiger partial charge in [-0.2, -0.15) is 0 Å². The van der Waals surface area contributed by atoms with Crippen molar-refractivity contribution in [2.24, 2.45) is 40.4 Å². The van der Waals surface area contributed by atoms with Gasteiger partial charge in [0.05, 0.1) is 6.10 Å². The SMILES string of the molecule is C[C@]12CC[C@H](O)C[C@@H]1CC[C@@H]1[C@@H]2CC[C@]2(C)C(C=O)[C@H](Br)C[C@@H]12.O. The number of hydrogen-bond acceptors (Lipinski definition) is 2. The van der Waals surface area contributed by atoms with Crippen LogP contribution < -0.4 is 0 Å². The van der Waals surface area contributed by atoms with E-state index in [1.54, 1.807) is 0 Å². The number of fused-ring (bicyclic) bond motifs is 5. The summed E-state index contributed by atoms with van der Waals surface area (Å²) in [7, 11) is 0. The maximum Gasteiger partial charge on any atom is 0.124 e. The Labute approximate surface area is 154 Å². The highest BCUT2D eigenvalue weighted by Gasteiger charge is 2.61. The van der Waals surface area contributed by atoms with Gasteiger partial charge in [0.15, 0.2) is 0 Å². The first-order chi connectivity index (χ1) is 10.9. The summed E-state index contributed by atoms with van der Waals surface area (Å²) in [5.74, 6) is 3.25. The van der Waals surface area contributed by atoms with Gasteiger partial charge < -0.3 is 15.4 Å². The number of carbonyl (C=O) groups excluding carboxylic acids is 1. The van der Waals surface area contributed by atoms with Crippen molar-refractivity contribution in [3.05, 3.63) is 0 Å². The maximum atomic E-state index is 11.7. The Kier molecular flexibility index (Phi) is 4.99. The molecule has 1 unspecified atom stereocenters. The van der Waals surface area contributed by atoms with E-state index in [0.29, 0.717) is 16.2 Å². The third kappa shape index (κ3) is 2.46. The van der Waals surface area contributed by atoms with Crippen molar-refractivity contribution in [2.45, 2.75) is 76.1 Å². The zero-order valence-electron chi connectivity index (χ0n) is 15.0. The van der Waals surface area contributed by atoms with E-state index in [2.05, 4.69) is 29.8 Å². The van der Waals surface area contributed by atoms with Crippen LogP contribution in [0.4, 0.5) is 0 Å². The van der Waals surface area contributed by atoms with Crippen LogP contribution in [0.25, 0.3) is 0 Å². The molecule has 0 aromatic carbocycles. The molecule has 24 heavy (non-hydrogen) atoms. The van der Waals surface area contributed by atoms with Gasteiger partial charge in [-0.1, -0.05) is 29.8 Å². The number of aliphatic hydroxyl groups excluding tert-OH is 1. The van der Waals surface area contributed by atoms with Crippen LogP contribution in [0.2, 0.25) is 0 Å². The quantitative estimate of drug-likeness (QED) is 0.537. The molecule has 0 spiro atoms. The fraction of sp³-hybridized carbons (Fsp3) is 0.950. The summed E-state index contributed by atoms with van der Waals surface area (Å²) in [6.45, 7) is 4.92. The second-order valence-corrected chi connectivity index (χ2v) is 10.7. The molecule has 9 atom stereocenters. The van der Waals surface area contributed by atoms with Crippen molar-refractivity contribution in [3.8, 4) is 0 Å². The van der Waals surface area contributed by atoms with Crippen molar-refractivity contribution in [3.63, 3.8) is 0 Å². The molecule has 0 bridgehead atoms. The lowest BCUT2D eigenvalue weighted by atomic mass is 9.45. The van der Waals surface area contributed by atoms with E-state index < -0.39 is 0 Å². The summed E-state index contributed by atoms with van der Waals surface area (Å²) in [4.78, 5) is 12.1. The molecule has 4 rings (SSSR count). The van der Waals surface area contributed by atoms with Crippen molar-refractivity contribution in [1.29, 1.82) is 0 Å². The van der Waals surface area contributed by atoms with E-state index in [1.807, 2.05) is 0 Å². The molecule has 4 heteroatoms. The molecule has 0 aromatic rings. The van der Waals surface area contributed by atoms with Gasteiger partial charge >= 0.3 is 0 Å². The number of hydrogen-bond donors (Lipinski definition) is 1. The summed E-state index contributed by atoms with van der Waals surface area (Å²) in [6, 6.07) is 0. The zero-order chi connectivity index (χ0) is 16.4. The molecule has 0 radical (unpaired) electrons. The average molecular weight is 401 g/mol. The monoisotopic (exact) mass is 400 g/mol. The highest BCUT2D eigenvalue weighted by atomic mass is 79.9. The van der Waals surface area contributed by atoms with Crippen LogP contribution in [0.1, 0.15) is 65.2 Å². The molecule has 0 aromatic heterocycles. The summed E-state index contributed by atoms with van der Waals surface area (Å²) in [6.07, 6.45) is 10.7. The van der Waals surface area contributed by atoms with E-state index in [-0.39, 0.29) is 22.9 Å². The topological polar surface area (TPSA) is 68.8 Å². The Morgan fingerprint density at radius 3 is 2.42 bits per heavy atom. The van der Waals surface area contributed by atoms with Crippen molar-refractivity contribution in [2.75, 3.05) is 0 Å². The second-order valence-electron chi connectivity index (χ2n) is 9.54. The minimum Gasteiger partial charge on any atom is -0.412 e. The van der Waals surface area contributed by atoms with Crippen LogP contribution in [0.15, 0.2) is 0 Å². The molecule has 4 saturated carbocycles. The van der Waals surface area contributed by atoms with Crippen LogP contribution in [0, 0.1) is 40.4 Å². The van der Waals surface area contributed by atoms with Crippen molar-refractivity contribution < 1.29 is 15.4 Å². The van der Waals surface area contributed by atoms with Gasteiger partial charge in [0.25, 0.3) is 0 Å². The van der Waals surface area contributed by atoms with Gasteiger partial charge in [-0.3, -0.25) is 0 Å². The summed E-state index contributed by atoms with van der Waals surface area (Å²) >= 11 is 3.83. The molecule has 3 nitrogen and oxygen atoms in total. The number of halogens is 1. The minimum absolute atomic E-state index is 0. The fourth-order valence-corrected chi connectivity index (χ4v) is 8.62. The van der Waals surface area contributed by atoms with Gasteiger partial charge in [-0.25, -0.2) is 0 Å². The molecule has 4 aliphatic rings. The summed E-state index contributed by atoms with van der Waals surface area (Å²) in [5, 5.41) is 10.1. The molecule has 0 heterocycles. The Balaban J connectivity index is 0.00000169. The van der Waals surface area contributed by atoms with Gasteiger partial charge in [0.2, 0.25) is 0 Å². The smallest absolute Gasteiger partial charge is 0.124 e. The molecule has 4 aliphatic carbocycles. The predicted octanol–water partition coefficient (Wildman–Crippen LogP) is 3.75. The lowest BCUT2D eigenvalue weighted by Crippen LogP contribution is -2.54. The standard InChI is InChI=1S/C20H31BrO2.H2O/c1-19-7-5-13(23)9-12(19)3-4-14-15(19)6-8-20(2)16(14)10-18(21)17(20)11-22;/h11-18,23H,3-10H2,1-2H3;1H2/t12-,13-,14+,15-,16-,17?,18+,19-,20-;/m0./s1.